The minimum atomic E-state index is -0.643. The smallest absolute Gasteiger partial charge is 0.309 e. The average molecular weight is 375 g/mol. The van der Waals surface area contributed by atoms with Gasteiger partial charge in [0.05, 0.1) is 5.41 Å². The van der Waals surface area contributed by atoms with Crippen molar-refractivity contribution >= 4 is 5.97 Å². The standard InChI is InChI=1S/C23H34O4/c1-22(13-14-22)11-6-4-7-17-9-10-19(24)20(25)18(17)8-3-2-5-12-23(15-16-23)21(26)27/h9-10,24-25H,2-8,11-16H2,1H3,(H,26,27). The second-order valence-electron chi connectivity index (χ2n) is 9.23. The molecule has 0 aliphatic heterocycles. The Morgan fingerprint density at radius 1 is 0.926 bits per heavy atom. The lowest BCUT2D eigenvalue weighted by molar-refractivity contribution is -0.143. The average Bonchev–Trinajstić information content (AvgIpc) is 3.54. The van der Waals surface area contributed by atoms with Gasteiger partial charge in [-0.05, 0) is 81.3 Å². The molecule has 3 rings (SSSR count). The number of unbranched alkanes of at least 4 members (excludes halogenated alkanes) is 3. The van der Waals surface area contributed by atoms with Crippen LogP contribution in [0.15, 0.2) is 12.1 Å². The molecular weight excluding hydrogens is 340 g/mol. The van der Waals surface area contributed by atoms with Crippen LogP contribution in [0.4, 0.5) is 0 Å². The molecule has 0 heterocycles. The van der Waals surface area contributed by atoms with Gasteiger partial charge < -0.3 is 15.3 Å². The molecule has 1 aromatic carbocycles. The Morgan fingerprint density at radius 2 is 1.59 bits per heavy atom. The molecule has 2 aliphatic rings. The molecule has 3 N–H and O–H groups in total. The number of hydrogen-bond acceptors (Lipinski definition) is 3. The van der Waals surface area contributed by atoms with Gasteiger partial charge in [0.25, 0.3) is 0 Å². The van der Waals surface area contributed by atoms with Crippen LogP contribution in [0.5, 0.6) is 11.5 Å². The van der Waals surface area contributed by atoms with E-state index in [0.717, 1.165) is 68.9 Å². The molecule has 1 aromatic rings. The molecule has 0 unspecified atom stereocenters. The molecule has 0 atom stereocenters. The van der Waals surface area contributed by atoms with Crippen LogP contribution in [0, 0.1) is 10.8 Å². The maximum absolute atomic E-state index is 11.2. The largest absolute Gasteiger partial charge is 0.504 e. The molecule has 150 valence electrons. The molecule has 0 aromatic heterocycles. The molecule has 27 heavy (non-hydrogen) atoms. The summed E-state index contributed by atoms with van der Waals surface area (Å²) in [7, 11) is 0. The zero-order chi connectivity index (χ0) is 19.5. The summed E-state index contributed by atoms with van der Waals surface area (Å²) in [5.41, 5.74) is 2.19. The lowest BCUT2D eigenvalue weighted by Gasteiger charge is -2.14. The summed E-state index contributed by atoms with van der Waals surface area (Å²) < 4.78 is 0. The quantitative estimate of drug-likeness (QED) is 0.330. The summed E-state index contributed by atoms with van der Waals surface area (Å²) in [5.74, 6) is -0.650. The summed E-state index contributed by atoms with van der Waals surface area (Å²) in [6.07, 6.45) is 13.2. The van der Waals surface area contributed by atoms with Crippen molar-refractivity contribution in [2.75, 3.05) is 0 Å². The highest BCUT2D eigenvalue weighted by Gasteiger charge is 2.49. The van der Waals surface area contributed by atoms with E-state index in [9.17, 15) is 20.1 Å². The van der Waals surface area contributed by atoms with Crippen molar-refractivity contribution < 1.29 is 20.1 Å². The third-order valence-electron chi connectivity index (χ3n) is 6.83. The lowest BCUT2D eigenvalue weighted by Crippen LogP contribution is -2.14. The number of carboxylic acids is 1. The van der Waals surface area contributed by atoms with Crippen LogP contribution in [-0.4, -0.2) is 21.3 Å². The van der Waals surface area contributed by atoms with E-state index >= 15 is 0 Å². The van der Waals surface area contributed by atoms with Gasteiger partial charge in [0.15, 0.2) is 11.5 Å². The second kappa shape index (κ2) is 8.12. The molecule has 0 saturated heterocycles. The van der Waals surface area contributed by atoms with Crippen LogP contribution in [0.1, 0.15) is 88.7 Å². The van der Waals surface area contributed by atoms with E-state index in [4.69, 9.17) is 0 Å². The van der Waals surface area contributed by atoms with Gasteiger partial charge >= 0.3 is 5.97 Å². The Balaban J connectivity index is 1.46. The fourth-order valence-corrected chi connectivity index (χ4v) is 4.17. The van der Waals surface area contributed by atoms with Crippen molar-refractivity contribution in [1.29, 1.82) is 0 Å². The van der Waals surface area contributed by atoms with E-state index < -0.39 is 11.4 Å². The second-order valence-corrected chi connectivity index (χ2v) is 9.23. The van der Waals surface area contributed by atoms with Crippen molar-refractivity contribution in [3.05, 3.63) is 23.3 Å². The topological polar surface area (TPSA) is 77.8 Å². The number of rotatable bonds is 12. The van der Waals surface area contributed by atoms with Crippen LogP contribution >= 0.6 is 0 Å². The van der Waals surface area contributed by atoms with E-state index in [-0.39, 0.29) is 11.5 Å². The number of benzene rings is 1. The Bertz CT molecular complexity index is 671. The minimum absolute atomic E-state index is 0.0332. The first-order valence-electron chi connectivity index (χ1n) is 10.6. The minimum Gasteiger partial charge on any atom is -0.504 e. The van der Waals surface area contributed by atoms with Gasteiger partial charge in [-0.15, -0.1) is 0 Å². The van der Waals surface area contributed by atoms with Gasteiger partial charge in [-0.1, -0.05) is 32.3 Å². The first kappa shape index (κ1) is 20.0. The van der Waals surface area contributed by atoms with Gasteiger partial charge in [0.1, 0.15) is 0 Å². The van der Waals surface area contributed by atoms with Crippen LogP contribution in [0.3, 0.4) is 0 Å². The third kappa shape index (κ3) is 5.18. The summed E-state index contributed by atoms with van der Waals surface area (Å²) >= 11 is 0. The maximum Gasteiger partial charge on any atom is 0.309 e. The van der Waals surface area contributed by atoms with E-state index in [0.29, 0.717) is 5.41 Å². The van der Waals surface area contributed by atoms with Gasteiger partial charge in [-0.2, -0.15) is 0 Å². The van der Waals surface area contributed by atoms with Crippen molar-refractivity contribution in [1.82, 2.24) is 0 Å². The fraction of sp³-hybridized carbons (Fsp3) is 0.696. The molecule has 0 amide bonds. The van der Waals surface area contributed by atoms with E-state index in [1.165, 1.54) is 25.7 Å². The van der Waals surface area contributed by atoms with Crippen molar-refractivity contribution in [3.8, 4) is 11.5 Å². The predicted octanol–water partition coefficient (Wildman–Crippen LogP) is 5.58. The Morgan fingerprint density at radius 3 is 2.22 bits per heavy atom. The molecule has 2 saturated carbocycles. The molecule has 0 radical (unpaired) electrons. The summed E-state index contributed by atoms with van der Waals surface area (Å²) in [6, 6.07) is 3.55. The Hall–Kier alpha value is -1.71. The van der Waals surface area contributed by atoms with Crippen LogP contribution in [0.2, 0.25) is 0 Å². The number of aromatic hydroxyl groups is 2. The van der Waals surface area contributed by atoms with Gasteiger partial charge in [0, 0.05) is 5.56 Å². The number of hydrogen-bond donors (Lipinski definition) is 3. The predicted molar refractivity (Wildman–Crippen MR) is 106 cm³/mol. The van der Waals surface area contributed by atoms with Gasteiger partial charge in [0.2, 0.25) is 0 Å². The summed E-state index contributed by atoms with van der Waals surface area (Å²) in [6.45, 7) is 2.36. The number of aliphatic carboxylic acids is 1. The van der Waals surface area contributed by atoms with Crippen LogP contribution in [0.25, 0.3) is 0 Å². The zero-order valence-corrected chi connectivity index (χ0v) is 16.6. The molecule has 0 spiro atoms. The first-order valence-corrected chi connectivity index (χ1v) is 10.6. The van der Waals surface area contributed by atoms with Crippen molar-refractivity contribution in [2.24, 2.45) is 10.8 Å². The molecule has 2 aliphatic carbocycles. The van der Waals surface area contributed by atoms with Crippen molar-refractivity contribution in [2.45, 2.75) is 90.4 Å². The fourth-order valence-electron chi connectivity index (χ4n) is 4.17. The molecular formula is C23H34O4. The zero-order valence-electron chi connectivity index (χ0n) is 16.6. The number of phenols is 2. The molecule has 2 fully saturated rings. The van der Waals surface area contributed by atoms with Crippen LogP contribution in [-0.2, 0) is 17.6 Å². The highest BCUT2D eigenvalue weighted by atomic mass is 16.4. The summed E-state index contributed by atoms with van der Waals surface area (Å²) in [5, 5.41) is 29.4. The van der Waals surface area contributed by atoms with Gasteiger partial charge in [-0.3, -0.25) is 4.79 Å². The molecule has 4 nitrogen and oxygen atoms in total. The third-order valence-corrected chi connectivity index (χ3v) is 6.83. The van der Waals surface area contributed by atoms with Crippen LogP contribution < -0.4 is 0 Å². The highest BCUT2D eigenvalue weighted by Crippen LogP contribution is 2.50. The monoisotopic (exact) mass is 374 g/mol. The number of phenolic OH excluding ortho intramolecular Hbond substituents is 2. The normalized spacial score (nSPS) is 19.0. The number of carboxylic acid groups (broad SMARTS) is 1. The highest BCUT2D eigenvalue weighted by molar-refractivity contribution is 5.77. The maximum atomic E-state index is 11.2. The van der Waals surface area contributed by atoms with E-state index in [1.807, 2.05) is 6.07 Å². The number of aryl methyl sites for hydroxylation is 1. The summed E-state index contributed by atoms with van der Waals surface area (Å²) in [4.78, 5) is 11.2. The first-order chi connectivity index (χ1) is 12.9. The Kier molecular flexibility index (Phi) is 6.02. The molecule has 0 bridgehead atoms. The van der Waals surface area contributed by atoms with Crippen molar-refractivity contribution in [3.63, 3.8) is 0 Å². The Labute approximate surface area is 162 Å². The van der Waals surface area contributed by atoms with E-state index in [2.05, 4.69) is 6.92 Å². The SMILES string of the molecule is CC1(CCCCc2ccc(O)c(O)c2CCCCCC2(C(=O)O)CC2)CC1. The molecule has 4 heteroatoms. The van der Waals surface area contributed by atoms with E-state index in [1.54, 1.807) is 6.07 Å². The number of carbonyl (C=O) groups is 1. The van der Waals surface area contributed by atoms with Gasteiger partial charge in [-0.25, -0.2) is 0 Å². The lowest BCUT2D eigenvalue weighted by atomic mass is 9.93.